The predicted octanol–water partition coefficient (Wildman–Crippen LogP) is 0.823. The zero-order valence-electron chi connectivity index (χ0n) is 11.4. The molecule has 4 atom stereocenters. The third-order valence-corrected chi connectivity index (χ3v) is 4.58. The van der Waals surface area contributed by atoms with Gasteiger partial charge in [-0.2, -0.15) is 0 Å². The average Bonchev–Trinajstić information content (AvgIpc) is 2.83. The minimum absolute atomic E-state index is 0.0242. The van der Waals surface area contributed by atoms with E-state index in [-0.39, 0.29) is 42.7 Å². The Labute approximate surface area is 113 Å². The molecule has 3 rings (SSSR count). The molecule has 5 heteroatoms. The molecule has 1 saturated carbocycles. The maximum Gasteiger partial charge on any atom is 0.252 e. The first kappa shape index (κ1) is 12.9. The number of hydrogen-bond donors (Lipinski definition) is 1. The second-order valence-electron chi connectivity index (χ2n) is 6.00. The molecule has 0 aromatic heterocycles. The largest absolute Gasteiger partial charge is 0.365 e. The molecule has 19 heavy (non-hydrogen) atoms. The summed E-state index contributed by atoms with van der Waals surface area (Å²) >= 11 is 0. The first-order chi connectivity index (χ1) is 9.15. The van der Waals surface area contributed by atoms with Crippen molar-refractivity contribution in [2.75, 3.05) is 6.54 Å². The smallest absolute Gasteiger partial charge is 0.252 e. The van der Waals surface area contributed by atoms with Crippen LogP contribution in [0, 0.1) is 0 Å². The monoisotopic (exact) mass is 266 g/mol. The van der Waals surface area contributed by atoms with Crippen LogP contribution in [-0.4, -0.2) is 47.6 Å². The average molecular weight is 266 g/mol. The van der Waals surface area contributed by atoms with Gasteiger partial charge in [-0.3, -0.25) is 9.59 Å². The van der Waals surface area contributed by atoms with Crippen LogP contribution in [0.5, 0.6) is 0 Å². The van der Waals surface area contributed by atoms with Crippen molar-refractivity contribution in [1.29, 1.82) is 0 Å². The minimum atomic E-state index is -0.330. The number of piperazine rings is 1. The minimum Gasteiger partial charge on any atom is -0.365 e. The van der Waals surface area contributed by atoms with Crippen molar-refractivity contribution in [3.63, 3.8) is 0 Å². The molecule has 1 aliphatic carbocycles. The molecule has 0 unspecified atom stereocenters. The number of rotatable bonds is 1. The van der Waals surface area contributed by atoms with E-state index in [2.05, 4.69) is 5.32 Å². The number of nitrogens with zero attached hydrogens (tertiary/aromatic N) is 1. The molecule has 3 fully saturated rings. The van der Waals surface area contributed by atoms with Crippen molar-refractivity contribution in [3.05, 3.63) is 0 Å². The van der Waals surface area contributed by atoms with E-state index < -0.39 is 0 Å². The standard InChI is InChI=1S/C14H22N2O3/c1-9-6-7-12(19-9)14(18)16-8-13(17)15-10-4-2-3-5-11(10)16/h9-12H,2-8H2,1H3,(H,15,17)/t9-,10+,11-,12-/m1/s1. The summed E-state index contributed by atoms with van der Waals surface area (Å²) in [5.41, 5.74) is 0. The first-order valence-electron chi connectivity index (χ1n) is 7.40. The van der Waals surface area contributed by atoms with Crippen LogP contribution in [0.15, 0.2) is 0 Å². The van der Waals surface area contributed by atoms with Crippen LogP contribution in [0.2, 0.25) is 0 Å². The highest BCUT2D eigenvalue weighted by Crippen LogP contribution is 2.28. The number of carbonyl (C=O) groups is 2. The highest BCUT2D eigenvalue weighted by molar-refractivity contribution is 5.89. The summed E-state index contributed by atoms with van der Waals surface area (Å²) in [5, 5.41) is 3.03. The number of carbonyl (C=O) groups excluding carboxylic acids is 2. The summed E-state index contributed by atoms with van der Waals surface area (Å²) < 4.78 is 5.67. The maximum absolute atomic E-state index is 12.6. The molecular weight excluding hydrogens is 244 g/mol. The highest BCUT2D eigenvalue weighted by atomic mass is 16.5. The highest BCUT2D eigenvalue weighted by Gasteiger charge is 2.42. The lowest BCUT2D eigenvalue weighted by Crippen LogP contribution is -2.64. The Morgan fingerprint density at radius 2 is 2.05 bits per heavy atom. The van der Waals surface area contributed by atoms with Crippen LogP contribution in [0.4, 0.5) is 0 Å². The Kier molecular flexibility index (Phi) is 3.48. The molecule has 0 spiro atoms. The molecule has 2 saturated heterocycles. The summed E-state index contributed by atoms with van der Waals surface area (Å²) in [4.78, 5) is 26.1. The predicted molar refractivity (Wildman–Crippen MR) is 69.5 cm³/mol. The van der Waals surface area contributed by atoms with E-state index in [0.29, 0.717) is 0 Å². The van der Waals surface area contributed by atoms with Gasteiger partial charge in [-0.15, -0.1) is 0 Å². The van der Waals surface area contributed by atoms with E-state index >= 15 is 0 Å². The lowest BCUT2D eigenvalue weighted by molar-refractivity contribution is -0.152. The van der Waals surface area contributed by atoms with E-state index in [0.717, 1.165) is 38.5 Å². The van der Waals surface area contributed by atoms with Gasteiger partial charge in [-0.25, -0.2) is 0 Å². The van der Waals surface area contributed by atoms with E-state index in [1.807, 2.05) is 6.92 Å². The lowest BCUT2D eigenvalue weighted by Gasteiger charge is -2.44. The van der Waals surface area contributed by atoms with Crippen LogP contribution >= 0.6 is 0 Å². The van der Waals surface area contributed by atoms with Gasteiger partial charge in [0.1, 0.15) is 6.10 Å². The first-order valence-corrected chi connectivity index (χ1v) is 7.40. The molecule has 0 radical (unpaired) electrons. The van der Waals surface area contributed by atoms with Crippen molar-refractivity contribution >= 4 is 11.8 Å². The molecular formula is C14H22N2O3. The molecule has 2 aliphatic heterocycles. The summed E-state index contributed by atoms with van der Waals surface area (Å²) in [6.45, 7) is 2.20. The fourth-order valence-electron chi connectivity index (χ4n) is 3.59. The summed E-state index contributed by atoms with van der Waals surface area (Å²) in [7, 11) is 0. The topological polar surface area (TPSA) is 58.6 Å². The zero-order valence-corrected chi connectivity index (χ0v) is 11.4. The quantitative estimate of drug-likeness (QED) is 0.764. The van der Waals surface area contributed by atoms with Gasteiger partial charge in [0.2, 0.25) is 5.91 Å². The van der Waals surface area contributed by atoms with Crippen molar-refractivity contribution in [3.8, 4) is 0 Å². The van der Waals surface area contributed by atoms with Crippen molar-refractivity contribution < 1.29 is 14.3 Å². The van der Waals surface area contributed by atoms with Crippen molar-refractivity contribution in [2.24, 2.45) is 0 Å². The second-order valence-corrected chi connectivity index (χ2v) is 6.00. The van der Waals surface area contributed by atoms with Crippen LogP contribution in [0.25, 0.3) is 0 Å². The fraction of sp³-hybridized carbons (Fsp3) is 0.857. The molecule has 3 aliphatic rings. The molecule has 0 aromatic carbocycles. The molecule has 5 nitrogen and oxygen atoms in total. The molecule has 0 bridgehead atoms. The fourth-order valence-corrected chi connectivity index (χ4v) is 3.59. The van der Waals surface area contributed by atoms with Gasteiger partial charge < -0.3 is 15.0 Å². The van der Waals surface area contributed by atoms with Crippen LogP contribution in [-0.2, 0) is 14.3 Å². The Hall–Kier alpha value is -1.10. The number of hydrogen-bond acceptors (Lipinski definition) is 3. The number of amides is 2. The van der Waals surface area contributed by atoms with Gasteiger partial charge in [-0.05, 0) is 32.6 Å². The van der Waals surface area contributed by atoms with Gasteiger partial charge in [-0.1, -0.05) is 12.8 Å². The van der Waals surface area contributed by atoms with E-state index in [1.165, 1.54) is 0 Å². The third-order valence-electron chi connectivity index (χ3n) is 4.58. The van der Waals surface area contributed by atoms with Crippen LogP contribution < -0.4 is 5.32 Å². The van der Waals surface area contributed by atoms with E-state index in [9.17, 15) is 9.59 Å². The second kappa shape index (κ2) is 5.12. The lowest BCUT2D eigenvalue weighted by atomic mass is 9.87. The number of ether oxygens (including phenoxy) is 1. The Bertz CT molecular complexity index is 385. The molecule has 2 heterocycles. The van der Waals surface area contributed by atoms with Gasteiger partial charge >= 0.3 is 0 Å². The molecule has 106 valence electrons. The van der Waals surface area contributed by atoms with E-state index in [4.69, 9.17) is 4.74 Å². The van der Waals surface area contributed by atoms with Gasteiger partial charge in [0.05, 0.1) is 18.7 Å². The van der Waals surface area contributed by atoms with Crippen LogP contribution in [0.3, 0.4) is 0 Å². The van der Waals surface area contributed by atoms with E-state index in [1.54, 1.807) is 4.90 Å². The Morgan fingerprint density at radius 3 is 2.79 bits per heavy atom. The maximum atomic E-state index is 12.6. The Balaban J connectivity index is 1.73. The van der Waals surface area contributed by atoms with Crippen LogP contribution in [0.1, 0.15) is 45.4 Å². The van der Waals surface area contributed by atoms with Gasteiger partial charge in [0.15, 0.2) is 0 Å². The third kappa shape index (κ3) is 2.48. The number of nitrogens with one attached hydrogen (secondary N) is 1. The molecule has 1 N–H and O–H groups in total. The van der Waals surface area contributed by atoms with Crippen molar-refractivity contribution in [2.45, 2.75) is 69.7 Å². The van der Waals surface area contributed by atoms with Gasteiger partial charge in [0.25, 0.3) is 5.91 Å². The summed E-state index contributed by atoms with van der Waals surface area (Å²) in [6.07, 6.45) is 5.82. The molecule has 0 aromatic rings. The van der Waals surface area contributed by atoms with Gasteiger partial charge in [0, 0.05) is 6.04 Å². The number of fused-ring (bicyclic) bond motifs is 1. The zero-order chi connectivity index (χ0) is 13.4. The molecule has 2 amide bonds. The summed E-state index contributed by atoms with van der Waals surface area (Å²) in [5.74, 6) is -0.00125. The SMILES string of the molecule is C[C@@H]1CC[C@H](C(=O)N2CC(=O)N[C@H]3CCCC[C@H]32)O1. The normalized spacial score (nSPS) is 38.8. The Morgan fingerprint density at radius 1 is 1.26 bits per heavy atom. The van der Waals surface area contributed by atoms with Crippen molar-refractivity contribution in [1.82, 2.24) is 10.2 Å². The summed E-state index contributed by atoms with van der Waals surface area (Å²) in [6, 6.07) is 0.330.